The third-order valence-corrected chi connectivity index (χ3v) is 4.15. The van der Waals surface area contributed by atoms with Crippen LogP contribution in [0.1, 0.15) is 11.1 Å². The third kappa shape index (κ3) is 4.58. The van der Waals surface area contributed by atoms with Gasteiger partial charge in [-0.3, -0.25) is 0 Å². The lowest BCUT2D eigenvalue weighted by molar-refractivity contribution is 0.305. The van der Waals surface area contributed by atoms with Gasteiger partial charge in [0.05, 0.1) is 4.90 Å². The lowest BCUT2D eigenvalue weighted by Gasteiger charge is -2.08. The fourth-order valence-electron chi connectivity index (χ4n) is 1.92. The molecule has 2 aromatic carbocycles. The highest BCUT2D eigenvalue weighted by molar-refractivity contribution is 7.90. The highest BCUT2D eigenvalue weighted by atomic mass is 32.2. The summed E-state index contributed by atoms with van der Waals surface area (Å²) < 4.78 is 28.6. The molecule has 0 atom stereocenters. The number of hydrogen-bond acceptors (Lipinski definition) is 4. The van der Waals surface area contributed by atoms with Gasteiger partial charge in [0.25, 0.3) is 0 Å². The van der Waals surface area contributed by atoms with Gasteiger partial charge in [0.2, 0.25) is 0 Å². The second kappa shape index (κ2) is 6.74. The standard InChI is InChI=1S/C16H19NO3S/c1-17-11-13-6-8-14(9-7-13)12-20-15-4-3-5-16(10-15)21(2,18)19/h3-10,17H,11-12H2,1-2H3. The zero-order valence-electron chi connectivity index (χ0n) is 12.2. The molecule has 21 heavy (non-hydrogen) atoms. The van der Waals surface area contributed by atoms with Gasteiger partial charge in [-0.2, -0.15) is 0 Å². The van der Waals surface area contributed by atoms with Crippen LogP contribution < -0.4 is 10.1 Å². The molecule has 0 saturated heterocycles. The van der Waals surface area contributed by atoms with E-state index < -0.39 is 9.84 Å². The number of sulfone groups is 1. The number of hydrogen-bond donors (Lipinski definition) is 1. The summed E-state index contributed by atoms with van der Waals surface area (Å²) in [6, 6.07) is 14.6. The summed E-state index contributed by atoms with van der Waals surface area (Å²) in [7, 11) is -1.30. The van der Waals surface area contributed by atoms with Crippen molar-refractivity contribution in [3.63, 3.8) is 0 Å². The SMILES string of the molecule is CNCc1ccc(COc2cccc(S(C)(=O)=O)c2)cc1. The highest BCUT2D eigenvalue weighted by Gasteiger charge is 2.07. The molecule has 0 spiro atoms. The third-order valence-electron chi connectivity index (χ3n) is 3.04. The molecule has 4 nitrogen and oxygen atoms in total. The molecule has 0 aliphatic carbocycles. The van der Waals surface area contributed by atoms with Gasteiger partial charge in [-0.25, -0.2) is 8.42 Å². The summed E-state index contributed by atoms with van der Waals surface area (Å²) in [5.41, 5.74) is 2.25. The van der Waals surface area contributed by atoms with Crippen LogP contribution >= 0.6 is 0 Å². The van der Waals surface area contributed by atoms with Gasteiger partial charge < -0.3 is 10.1 Å². The molecule has 2 aromatic rings. The maximum atomic E-state index is 11.5. The smallest absolute Gasteiger partial charge is 0.175 e. The Labute approximate surface area is 125 Å². The van der Waals surface area contributed by atoms with Crippen LogP contribution in [-0.2, 0) is 23.0 Å². The van der Waals surface area contributed by atoms with Crippen molar-refractivity contribution >= 4 is 9.84 Å². The average molecular weight is 305 g/mol. The van der Waals surface area contributed by atoms with E-state index >= 15 is 0 Å². The van der Waals surface area contributed by atoms with Crippen molar-refractivity contribution in [3.05, 3.63) is 59.7 Å². The van der Waals surface area contributed by atoms with Crippen molar-refractivity contribution in [2.75, 3.05) is 13.3 Å². The Bertz CT molecular complexity index is 694. The first-order valence-corrected chi connectivity index (χ1v) is 8.53. The summed E-state index contributed by atoms with van der Waals surface area (Å²) in [6.45, 7) is 1.24. The Hall–Kier alpha value is -1.85. The van der Waals surface area contributed by atoms with Crippen molar-refractivity contribution < 1.29 is 13.2 Å². The fraction of sp³-hybridized carbons (Fsp3) is 0.250. The molecule has 0 heterocycles. The summed E-state index contributed by atoms with van der Waals surface area (Å²) in [5, 5.41) is 3.09. The van der Waals surface area contributed by atoms with Crippen LogP contribution in [-0.4, -0.2) is 21.7 Å². The Morgan fingerprint density at radius 2 is 1.71 bits per heavy atom. The van der Waals surface area contributed by atoms with E-state index in [0.29, 0.717) is 12.4 Å². The van der Waals surface area contributed by atoms with Gasteiger partial charge in [0.15, 0.2) is 9.84 Å². The first-order chi connectivity index (χ1) is 9.99. The molecule has 0 bridgehead atoms. The Morgan fingerprint density at radius 1 is 1.05 bits per heavy atom. The minimum Gasteiger partial charge on any atom is -0.489 e. The van der Waals surface area contributed by atoms with E-state index in [2.05, 4.69) is 5.32 Å². The van der Waals surface area contributed by atoms with E-state index in [-0.39, 0.29) is 4.90 Å². The van der Waals surface area contributed by atoms with Crippen molar-refractivity contribution in [2.24, 2.45) is 0 Å². The topological polar surface area (TPSA) is 55.4 Å². The lowest BCUT2D eigenvalue weighted by atomic mass is 10.1. The van der Waals surface area contributed by atoms with Crippen LogP contribution in [0.4, 0.5) is 0 Å². The second-order valence-electron chi connectivity index (χ2n) is 4.88. The summed E-state index contributed by atoms with van der Waals surface area (Å²) in [6.07, 6.45) is 1.19. The maximum absolute atomic E-state index is 11.5. The number of ether oxygens (including phenoxy) is 1. The van der Waals surface area contributed by atoms with E-state index in [0.717, 1.165) is 12.1 Å². The summed E-state index contributed by atoms with van der Waals surface area (Å²) in [5.74, 6) is 0.553. The highest BCUT2D eigenvalue weighted by Crippen LogP contribution is 2.18. The van der Waals surface area contributed by atoms with E-state index in [1.165, 1.54) is 11.8 Å². The molecule has 0 fully saturated rings. The quantitative estimate of drug-likeness (QED) is 0.890. The molecule has 0 unspecified atom stereocenters. The summed E-state index contributed by atoms with van der Waals surface area (Å²) >= 11 is 0. The molecule has 1 N–H and O–H groups in total. The molecule has 0 radical (unpaired) electrons. The fourth-order valence-corrected chi connectivity index (χ4v) is 2.57. The number of rotatable bonds is 6. The predicted molar refractivity (Wildman–Crippen MR) is 83.1 cm³/mol. The van der Waals surface area contributed by atoms with Gasteiger partial charge in [0, 0.05) is 12.8 Å². The lowest BCUT2D eigenvalue weighted by Crippen LogP contribution is -2.05. The van der Waals surface area contributed by atoms with E-state index in [4.69, 9.17) is 4.74 Å². The van der Waals surface area contributed by atoms with Crippen LogP contribution in [0.2, 0.25) is 0 Å². The minimum atomic E-state index is -3.21. The number of benzene rings is 2. The van der Waals surface area contributed by atoms with Gasteiger partial charge >= 0.3 is 0 Å². The van der Waals surface area contributed by atoms with Crippen molar-refractivity contribution in [1.82, 2.24) is 5.32 Å². The molecule has 2 rings (SSSR count). The van der Waals surface area contributed by atoms with E-state index in [9.17, 15) is 8.42 Å². The molecular formula is C16H19NO3S. The Kier molecular flexibility index (Phi) is 4.98. The molecular weight excluding hydrogens is 286 g/mol. The molecule has 0 aliphatic heterocycles. The predicted octanol–water partition coefficient (Wildman–Crippen LogP) is 2.39. The Morgan fingerprint density at radius 3 is 2.33 bits per heavy atom. The van der Waals surface area contributed by atoms with Crippen molar-refractivity contribution in [1.29, 1.82) is 0 Å². The van der Waals surface area contributed by atoms with Crippen LogP contribution in [0.15, 0.2) is 53.4 Å². The van der Waals surface area contributed by atoms with Crippen molar-refractivity contribution in [3.8, 4) is 5.75 Å². The van der Waals surface area contributed by atoms with Crippen LogP contribution in [0.25, 0.3) is 0 Å². The zero-order valence-corrected chi connectivity index (χ0v) is 13.0. The molecule has 112 valence electrons. The zero-order chi connectivity index (χ0) is 15.3. The molecule has 0 aromatic heterocycles. The molecule has 0 saturated carbocycles. The van der Waals surface area contributed by atoms with E-state index in [1.54, 1.807) is 24.3 Å². The summed E-state index contributed by atoms with van der Waals surface area (Å²) in [4.78, 5) is 0.268. The van der Waals surface area contributed by atoms with Gasteiger partial charge in [0.1, 0.15) is 12.4 Å². The van der Waals surface area contributed by atoms with Crippen LogP contribution in [0.3, 0.4) is 0 Å². The van der Waals surface area contributed by atoms with Crippen molar-refractivity contribution in [2.45, 2.75) is 18.0 Å². The largest absolute Gasteiger partial charge is 0.489 e. The van der Waals surface area contributed by atoms with Gasteiger partial charge in [-0.05, 0) is 36.4 Å². The monoisotopic (exact) mass is 305 g/mol. The van der Waals surface area contributed by atoms with E-state index in [1.807, 2.05) is 31.3 Å². The average Bonchev–Trinajstić information content (AvgIpc) is 2.46. The molecule has 5 heteroatoms. The molecule has 0 amide bonds. The maximum Gasteiger partial charge on any atom is 0.175 e. The molecule has 0 aliphatic rings. The first kappa shape index (κ1) is 15.5. The first-order valence-electron chi connectivity index (χ1n) is 6.64. The van der Waals surface area contributed by atoms with Crippen LogP contribution in [0, 0.1) is 0 Å². The van der Waals surface area contributed by atoms with Gasteiger partial charge in [-0.1, -0.05) is 30.3 Å². The minimum absolute atomic E-state index is 0.268. The van der Waals surface area contributed by atoms with Crippen LogP contribution in [0.5, 0.6) is 5.75 Å². The number of nitrogens with one attached hydrogen (secondary N) is 1. The normalized spacial score (nSPS) is 11.3. The Balaban J connectivity index is 2.03. The van der Waals surface area contributed by atoms with Gasteiger partial charge in [-0.15, -0.1) is 0 Å². The second-order valence-corrected chi connectivity index (χ2v) is 6.90.